The lowest BCUT2D eigenvalue weighted by Crippen LogP contribution is -2.22. The number of halogens is 1. The molecule has 0 amide bonds. The van der Waals surface area contributed by atoms with Gasteiger partial charge in [-0.05, 0) is 36.1 Å². The SMILES string of the molecule is CC1OC(C)C(C(Br)c2cccc3ccccc23)C1C. The summed E-state index contributed by atoms with van der Waals surface area (Å²) in [5, 5.41) is 2.65. The summed E-state index contributed by atoms with van der Waals surface area (Å²) in [6.07, 6.45) is 0.633. The van der Waals surface area contributed by atoms with Gasteiger partial charge in [-0.3, -0.25) is 0 Å². The maximum Gasteiger partial charge on any atom is 0.0596 e. The van der Waals surface area contributed by atoms with Crippen LogP contribution in [0, 0.1) is 11.8 Å². The van der Waals surface area contributed by atoms with Crippen molar-refractivity contribution < 1.29 is 4.74 Å². The second-order valence-corrected chi connectivity index (χ2v) is 6.94. The van der Waals surface area contributed by atoms with Crippen LogP contribution in [0.25, 0.3) is 10.8 Å². The van der Waals surface area contributed by atoms with Crippen LogP contribution in [0.2, 0.25) is 0 Å². The zero-order chi connectivity index (χ0) is 14.3. The first-order chi connectivity index (χ1) is 9.59. The van der Waals surface area contributed by atoms with Gasteiger partial charge in [0, 0.05) is 10.7 Å². The van der Waals surface area contributed by atoms with E-state index in [9.17, 15) is 0 Å². The van der Waals surface area contributed by atoms with Gasteiger partial charge in [0.25, 0.3) is 0 Å². The molecule has 0 spiro atoms. The van der Waals surface area contributed by atoms with E-state index in [1.807, 2.05) is 0 Å². The zero-order valence-electron chi connectivity index (χ0n) is 12.2. The van der Waals surface area contributed by atoms with Crippen LogP contribution >= 0.6 is 15.9 Å². The van der Waals surface area contributed by atoms with Crippen molar-refractivity contribution >= 4 is 26.7 Å². The van der Waals surface area contributed by atoms with Crippen molar-refractivity contribution in [3.8, 4) is 0 Å². The predicted molar refractivity (Wildman–Crippen MR) is 88.3 cm³/mol. The van der Waals surface area contributed by atoms with E-state index in [2.05, 4.69) is 79.2 Å². The van der Waals surface area contributed by atoms with Gasteiger partial charge < -0.3 is 4.74 Å². The zero-order valence-corrected chi connectivity index (χ0v) is 13.8. The first-order valence-electron chi connectivity index (χ1n) is 7.37. The molecule has 1 fully saturated rings. The number of fused-ring (bicyclic) bond motifs is 1. The van der Waals surface area contributed by atoms with Gasteiger partial charge in [-0.2, -0.15) is 0 Å². The second-order valence-electron chi connectivity index (χ2n) is 5.95. The second kappa shape index (κ2) is 5.50. The molecule has 1 saturated heterocycles. The third-order valence-corrected chi connectivity index (χ3v) is 5.88. The minimum Gasteiger partial charge on any atom is -0.375 e. The fraction of sp³-hybridized carbons (Fsp3) is 0.444. The summed E-state index contributed by atoms with van der Waals surface area (Å²) in [5.74, 6) is 1.07. The third kappa shape index (κ3) is 2.29. The average molecular weight is 333 g/mol. The Balaban J connectivity index is 2.03. The van der Waals surface area contributed by atoms with E-state index in [0.717, 1.165) is 0 Å². The molecule has 0 saturated carbocycles. The van der Waals surface area contributed by atoms with Crippen LogP contribution in [-0.4, -0.2) is 12.2 Å². The first kappa shape index (κ1) is 14.1. The van der Waals surface area contributed by atoms with Gasteiger partial charge in [-0.25, -0.2) is 0 Å². The quantitative estimate of drug-likeness (QED) is 0.675. The molecule has 0 aromatic heterocycles. The van der Waals surface area contributed by atoms with E-state index in [1.54, 1.807) is 0 Å². The number of hydrogen-bond acceptors (Lipinski definition) is 1. The van der Waals surface area contributed by atoms with Crippen LogP contribution < -0.4 is 0 Å². The van der Waals surface area contributed by atoms with Crippen LogP contribution in [0.3, 0.4) is 0 Å². The molecule has 2 aromatic carbocycles. The Labute approximate surface area is 129 Å². The van der Waals surface area contributed by atoms with Crippen LogP contribution in [0.4, 0.5) is 0 Å². The summed E-state index contributed by atoms with van der Waals surface area (Å²) < 4.78 is 6.01. The van der Waals surface area contributed by atoms with Crippen LogP contribution in [0.15, 0.2) is 42.5 Å². The smallest absolute Gasteiger partial charge is 0.0596 e. The molecular formula is C18H21BrO. The topological polar surface area (TPSA) is 9.23 Å². The molecule has 3 rings (SSSR count). The molecule has 106 valence electrons. The Hall–Kier alpha value is -0.860. The molecule has 0 aliphatic carbocycles. The van der Waals surface area contributed by atoms with Crippen molar-refractivity contribution in [1.29, 1.82) is 0 Å². The Kier molecular flexibility index (Phi) is 3.87. The fourth-order valence-corrected chi connectivity index (χ4v) is 4.81. The predicted octanol–water partition coefficient (Wildman–Crippen LogP) is 5.34. The van der Waals surface area contributed by atoms with Crippen LogP contribution in [0.5, 0.6) is 0 Å². The summed E-state index contributed by atoms with van der Waals surface area (Å²) in [6, 6.07) is 15.2. The number of alkyl halides is 1. The Morgan fingerprint density at radius 2 is 1.65 bits per heavy atom. The van der Waals surface area contributed by atoms with Crippen molar-refractivity contribution in [3.63, 3.8) is 0 Å². The van der Waals surface area contributed by atoms with Crippen LogP contribution in [-0.2, 0) is 4.74 Å². The van der Waals surface area contributed by atoms with Crippen molar-refractivity contribution in [2.45, 2.75) is 37.8 Å². The highest BCUT2D eigenvalue weighted by atomic mass is 79.9. The number of benzene rings is 2. The van der Waals surface area contributed by atoms with E-state index in [4.69, 9.17) is 4.74 Å². The minimum absolute atomic E-state index is 0.295. The minimum atomic E-state index is 0.295. The first-order valence-corrected chi connectivity index (χ1v) is 8.28. The molecule has 5 atom stereocenters. The van der Waals surface area contributed by atoms with Gasteiger partial charge >= 0.3 is 0 Å². The highest BCUT2D eigenvalue weighted by Crippen LogP contribution is 2.46. The maximum atomic E-state index is 6.01. The van der Waals surface area contributed by atoms with Gasteiger partial charge in [0.2, 0.25) is 0 Å². The maximum absolute atomic E-state index is 6.01. The summed E-state index contributed by atoms with van der Waals surface area (Å²) in [4.78, 5) is 0.337. The monoisotopic (exact) mass is 332 g/mol. The van der Waals surface area contributed by atoms with E-state index in [-0.39, 0.29) is 0 Å². The molecule has 0 radical (unpaired) electrons. The van der Waals surface area contributed by atoms with Crippen molar-refractivity contribution in [2.24, 2.45) is 11.8 Å². The number of hydrogen-bond donors (Lipinski definition) is 0. The van der Waals surface area contributed by atoms with Crippen LogP contribution in [0.1, 0.15) is 31.2 Å². The largest absolute Gasteiger partial charge is 0.375 e. The summed E-state index contributed by atoms with van der Waals surface area (Å²) >= 11 is 3.96. The van der Waals surface area contributed by atoms with Gasteiger partial charge in [-0.15, -0.1) is 0 Å². The molecule has 0 N–H and O–H groups in total. The van der Waals surface area contributed by atoms with E-state index in [1.165, 1.54) is 16.3 Å². The molecule has 1 heterocycles. The highest BCUT2D eigenvalue weighted by Gasteiger charge is 2.41. The molecule has 0 bridgehead atoms. The fourth-order valence-electron chi connectivity index (χ4n) is 3.50. The molecule has 1 aliphatic heterocycles. The highest BCUT2D eigenvalue weighted by molar-refractivity contribution is 9.09. The molecule has 20 heavy (non-hydrogen) atoms. The van der Waals surface area contributed by atoms with Gasteiger partial charge in [0.1, 0.15) is 0 Å². The van der Waals surface area contributed by atoms with E-state index in [0.29, 0.717) is 28.9 Å². The van der Waals surface area contributed by atoms with E-state index < -0.39 is 0 Å². The molecular weight excluding hydrogens is 312 g/mol. The average Bonchev–Trinajstić information content (AvgIpc) is 2.71. The molecule has 2 heteroatoms. The van der Waals surface area contributed by atoms with Crippen molar-refractivity contribution in [3.05, 3.63) is 48.0 Å². The lowest BCUT2D eigenvalue weighted by atomic mass is 9.83. The number of ether oxygens (including phenoxy) is 1. The van der Waals surface area contributed by atoms with Crippen molar-refractivity contribution in [2.75, 3.05) is 0 Å². The lowest BCUT2D eigenvalue weighted by Gasteiger charge is -2.25. The van der Waals surface area contributed by atoms with Gasteiger partial charge in [-0.1, -0.05) is 65.3 Å². The summed E-state index contributed by atoms with van der Waals surface area (Å²) in [6.45, 7) is 6.69. The third-order valence-electron chi connectivity index (χ3n) is 4.78. The molecule has 1 nitrogen and oxygen atoms in total. The molecule has 2 aromatic rings. The molecule has 5 unspecified atom stereocenters. The summed E-state index contributed by atoms with van der Waals surface area (Å²) in [5.41, 5.74) is 1.38. The summed E-state index contributed by atoms with van der Waals surface area (Å²) in [7, 11) is 0. The Bertz CT molecular complexity index is 604. The van der Waals surface area contributed by atoms with E-state index >= 15 is 0 Å². The number of rotatable bonds is 2. The molecule has 1 aliphatic rings. The Morgan fingerprint density at radius 1 is 0.950 bits per heavy atom. The lowest BCUT2D eigenvalue weighted by molar-refractivity contribution is 0.0511. The van der Waals surface area contributed by atoms with Gasteiger partial charge in [0.05, 0.1) is 12.2 Å². The normalized spacial score (nSPS) is 31.6. The Morgan fingerprint density at radius 3 is 2.35 bits per heavy atom. The standard InChI is InChI=1S/C18H21BrO/c1-11-12(2)20-13(3)17(11)18(19)16-10-6-8-14-7-4-5-9-15(14)16/h4-13,17-18H,1-3H3. The van der Waals surface area contributed by atoms with Crippen molar-refractivity contribution in [1.82, 2.24) is 0 Å². The van der Waals surface area contributed by atoms with Gasteiger partial charge in [0.15, 0.2) is 0 Å².